The lowest BCUT2D eigenvalue weighted by atomic mass is 10.0. The molecule has 0 aliphatic heterocycles. The number of hydrogen-bond donors (Lipinski definition) is 2. The number of sulfonamides is 1. The standard InChI is InChI=1S/C24H26FN3O6S/c1-27-24(30)22-18-11-17(14-3-4-14)19(28(35(2,31)32)9-10-33-21(29)13-26)12-20(18)34-23(22)15-5-7-16(25)8-6-15/h5-8,11-12,14H,3-4,9-10,13,26H2,1-2H3,(H,27,30). The second-order valence-electron chi connectivity index (χ2n) is 8.33. The Hall–Kier alpha value is -3.44. The summed E-state index contributed by atoms with van der Waals surface area (Å²) >= 11 is 0. The summed E-state index contributed by atoms with van der Waals surface area (Å²) in [5.74, 6) is -1.08. The van der Waals surface area contributed by atoms with Crippen LogP contribution in [-0.4, -0.2) is 53.3 Å². The first-order valence-electron chi connectivity index (χ1n) is 11.1. The number of carbonyl (C=O) groups is 2. The number of anilines is 1. The highest BCUT2D eigenvalue weighted by molar-refractivity contribution is 7.92. The molecule has 1 aliphatic carbocycles. The molecule has 0 saturated heterocycles. The molecule has 0 radical (unpaired) electrons. The number of amides is 1. The lowest BCUT2D eigenvalue weighted by Crippen LogP contribution is -2.34. The summed E-state index contributed by atoms with van der Waals surface area (Å²) in [6, 6.07) is 8.94. The number of hydrogen-bond acceptors (Lipinski definition) is 7. The van der Waals surface area contributed by atoms with E-state index in [0.717, 1.165) is 24.7 Å². The first-order valence-corrected chi connectivity index (χ1v) is 12.9. The first-order chi connectivity index (χ1) is 16.6. The molecule has 1 amide bonds. The van der Waals surface area contributed by atoms with Crippen LogP contribution in [0.2, 0.25) is 0 Å². The van der Waals surface area contributed by atoms with Crippen LogP contribution in [0.25, 0.3) is 22.3 Å². The minimum atomic E-state index is -3.75. The molecule has 11 heteroatoms. The maximum Gasteiger partial charge on any atom is 0.319 e. The molecule has 2 aromatic carbocycles. The van der Waals surface area contributed by atoms with Gasteiger partial charge in [-0.2, -0.15) is 0 Å². The van der Waals surface area contributed by atoms with Gasteiger partial charge < -0.3 is 20.2 Å². The highest BCUT2D eigenvalue weighted by Crippen LogP contribution is 2.48. The molecule has 0 bridgehead atoms. The zero-order chi connectivity index (χ0) is 25.3. The van der Waals surface area contributed by atoms with Crippen molar-refractivity contribution in [2.24, 2.45) is 5.73 Å². The van der Waals surface area contributed by atoms with Crippen LogP contribution < -0.4 is 15.4 Å². The Kier molecular flexibility index (Phi) is 6.82. The van der Waals surface area contributed by atoms with Crippen molar-refractivity contribution in [2.45, 2.75) is 18.8 Å². The Labute approximate surface area is 202 Å². The summed E-state index contributed by atoms with van der Waals surface area (Å²) in [6.45, 7) is -0.587. The number of benzene rings is 2. The normalized spacial score (nSPS) is 13.6. The van der Waals surface area contributed by atoms with Crippen LogP contribution in [-0.2, 0) is 19.6 Å². The number of nitrogens with two attached hydrogens (primary N) is 1. The minimum absolute atomic E-state index is 0.108. The summed E-state index contributed by atoms with van der Waals surface area (Å²) in [5, 5.41) is 3.14. The SMILES string of the molecule is CNC(=O)c1c(-c2ccc(F)cc2)oc2cc(N(CCOC(=O)CN)S(C)(=O)=O)c(C3CC3)cc12. The van der Waals surface area contributed by atoms with Gasteiger partial charge in [-0.1, -0.05) is 0 Å². The zero-order valence-electron chi connectivity index (χ0n) is 19.3. The number of ether oxygens (including phenoxy) is 1. The summed E-state index contributed by atoms with van der Waals surface area (Å²) < 4.78 is 51.2. The molecular weight excluding hydrogens is 477 g/mol. The summed E-state index contributed by atoms with van der Waals surface area (Å²) in [4.78, 5) is 24.3. The van der Waals surface area contributed by atoms with Crippen molar-refractivity contribution < 1.29 is 31.6 Å². The predicted molar refractivity (Wildman–Crippen MR) is 129 cm³/mol. The molecule has 35 heavy (non-hydrogen) atoms. The highest BCUT2D eigenvalue weighted by atomic mass is 32.2. The molecule has 186 valence electrons. The smallest absolute Gasteiger partial charge is 0.319 e. The molecule has 1 saturated carbocycles. The maximum absolute atomic E-state index is 13.5. The van der Waals surface area contributed by atoms with Gasteiger partial charge in [-0.05, 0) is 54.7 Å². The Bertz CT molecular complexity index is 1380. The van der Waals surface area contributed by atoms with Crippen molar-refractivity contribution in [3.8, 4) is 11.3 Å². The molecule has 4 rings (SSSR count). The van der Waals surface area contributed by atoms with Crippen LogP contribution in [0, 0.1) is 5.82 Å². The Morgan fingerprint density at radius 1 is 1.23 bits per heavy atom. The van der Waals surface area contributed by atoms with Crippen LogP contribution in [0.15, 0.2) is 40.8 Å². The molecule has 0 atom stereocenters. The van der Waals surface area contributed by atoms with Gasteiger partial charge in [0.15, 0.2) is 0 Å². The third-order valence-corrected chi connectivity index (χ3v) is 6.99. The van der Waals surface area contributed by atoms with E-state index in [1.807, 2.05) is 0 Å². The second kappa shape index (κ2) is 9.67. The molecule has 3 N–H and O–H groups in total. The molecule has 1 aromatic heterocycles. The summed E-state index contributed by atoms with van der Waals surface area (Å²) in [5.41, 5.74) is 7.50. The fraction of sp³-hybridized carbons (Fsp3) is 0.333. The average molecular weight is 504 g/mol. The van der Waals surface area contributed by atoms with Crippen LogP contribution in [0.5, 0.6) is 0 Å². The Balaban J connectivity index is 1.88. The van der Waals surface area contributed by atoms with Crippen molar-refractivity contribution in [2.75, 3.05) is 37.3 Å². The monoisotopic (exact) mass is 503 g/mol. The largest absolute Gasteiger partial charge is 0.463 e. The third kappa shape index (κ3) is 5.15. The van der Waals surface area contributed by atoms with Gasteiger partial charge in [0, 0.05) is 24.1 Å². The minimum Gasteiger partial charge on any atom is -0.463 e. The number of nitrogens with one attached hydrogen (secondary N) is 1. The van der Waals surface area contributed by atoms with Gasteiger partial charge >= 0.3 is 5.97 Å². The number of nitrogens with zero attached hydrogens (tertiary/aromatic N) is 1. The Morgan fingerprint density at radius 3 is 2.49 bits per heavy atom. The third-order valence-electron chi connectivity index (χ3n) is 5.81. The van der Waals surface area contributed by atoms with E-state index in [9.17, 15) is 22.4 Å². The second-order valence-corrected chi connectivity index (χ2v) is 10.2. The lowest BCUT2D eigenvalue weighted by molar-refractivity contribution is -0.141. The van der Waals surface area contributed by atoms with Gasteiger partial charge in [-0.15, -0.1) is 0 Å². The number of furan rings is 1. The van der Waals surface area contributed by atoms with E-state index in [2.05, 4.69) is 5.32 Å². The topological polar surface area (TPSA) is 132 Å². The fourth-order valence-electron chi connectivity index (χ4n) is 4.01. The molecule has 0 unspecified atom stereocenters. The van der Waals surface area contributed by atoms with E-state index in [0.29, 0.717) is 22.2 Å². The van der Waals surface area contributed by atoms with Crippen LogP contribution in [0.1, 0.15) is 34.7 Å². The van der Waals surface area contributed by atoms with E-state index in [1.165, 1.54) is 35.6 Å². The average Bonchev–Trinajstić information content (AvgIpc) is 3.60. The van der Waals surface area contributed by atoms with Crippen molar-refractivity contribution >= 4 is 38.6 Å². The fourth-order valence-corrected chi connectivity index (χ4v) is 4.93. The van der Waals surface area contributed by atoms with Crippen LogP contribution in [0.4, 0.5) is 10.1 Å². The van der Waals surface area contributed by atoms with Crippen molar-refractivity contribution in [3.05, 3.63) is 53.3 Å². The molecule has 1 aliphatic rings. The zero-order valence-corrected chi connectivity index (χ0v) is 20.2. The van der Waals surface area contributed by atoms with Gasteiger partial charge in [-0.3, -0.25) is 13.9 Å². The number of fused-ring (bicyclic) bond motifs is 1. The van der Waals surface area contributed by atoms with Gasteiger partial charge in [0.2, 0.25) is 10.0 Å². The molecule has 9 nitrogen and oxygen atoms in total. The van der Waals surface area contributed by atoms with Crippen LogP contribution >= 0.6 is 0 Å². The maximum atomic E-state index is 13.5. The van der Waals surface area contributed by atoms with Crippen molar-refractivity contribution in [1.29, 1.82) is 0 Å². The predicted octanol–water partition coefficient (Wildman–Crippen LogP) is 2.74. The van der Waals surface area contributed by atoms with E-state index < -0.39 is 21.8 Å². The number of esters is 1. The van der Waals surface area contributed by atoms with Gasteiger partial charge in [0.05, 0.1) is 30.6 Å². The molecule has 3 aromatic rings. The summed E-state index contributed by atoms with van der Waals surface area (Å²) in [7, 11) is -2.25. The first kappa shape index (κ1) is 24.7. The van der Waals surface area contributed by atoms with Crippen molar-refractivity contribution in [1.82, 2.24) is 5.32 Å². The molecule has 0 spiro atoms. The van der Waals surface area contributed by atoms with Gasteiger partial charge in [0.1, 0.15) is 23.8 Å². The van der Waals surface area contributed by atoms with Gasteiger partial charge in [-0.25, -0.2) is 12.8 Å². The van der Waals surface area contributed by atoms with Gasteiger partial charge in [0.25, 0.3) is 5.91 Å². The lowest BCUT2D eigenvalue weighted by Gasteiger charge is -2.25. The number of carbonyl (C=O) groups excluding carboxylic acids is 2. The van der Waals surface area contributed by atoms with E-state index >= 15 is 0 Å². The van der Waals surface area contributed by atoms with E-state index in [-0.39, 0.29) is 42.8 Å². The highest BCUT2D eigenvalue weighted by Gasteiger charge is 2.33. The molecule has 1 fully saturated rings. The number of rotatable bonds is 9. The van der Waals surface area contributed by atoms with E-state index in [1.54, 1.807) is 12.1 Å². The van der Waals surface area contributed by atoms with Crippen molar-refractivity contribution in [3.63, 3.8) is 0 Å². The quantitative estimate of drug-likeness (QED) is 0.429. The molecule has 1 heterocycles. The number of halogens is 1. The summed E-state index contributed by atoms with van der Waals surface area (Å²) in [6.07, 6.45) is 2.81. The Morgan fingerprint density at radius 2 is 1.91 bits per heavy atom. The van der Waals surface area contributed by atoms with Crippen LogP contribution in [0.3, 0.4) is 0 Å². The van der Waals surface area contributed by atoms with E-state index in [4.69, 9.17) is 14.9 Å². The molecular formula is C24H26FN3O6S.